The maximum Gasteiger partial charge on any atom is 0.226 e. The minimum atomic E-state index is 0. The molecule has 1 amide bonds. The Morgan fingerprint density at radius 3 is 2.95 bits per heavy atom. The first-order valence-electron chi connectivity index (χ1n) is 7.95. The summed E-state index contributed by atoms with van der Waals surface area (Å²) in [5.74, 6) is 1.10. The molecule has 1 aromatic carbocycles. The standard InChI is InChI=1S/C17H24N2O2.ClH/c1-13-3-2-4-16(11-13)21-10-8-17(20)19-14-5-6-15(19)12-18-9-7-14;/h2-4,11,14-15,18H,5-10,12H2,1H3;1H. The van der Waals surface area contributed by atoms with Crippen molar-refractivity contribution in [1.29, 1.82) is 0 Å². The maximum absolute atomic E-state index is 12.5. The molecule has 0 radical (unpaired) electrons. The van der Waals surface area contributed by atoms with Crippen molar-refractivity contribution in [3.8, 4) is 5.75 Å². The molecule has 5 heteroatoms. The summed E-state index contributed by atoms with van der Waals surface area (Å²) in [4.78, 5) is 14.6. The summed E-state index contributed by atoms with van der Waals surface area (Å²) >= 11 is 0. The van der Waals surface area contributed by atoms with Crippen molar-refractivity contribution >= 4 is 18.3 Å². The number of halogens is 1. The average Bonchev–Trinajstić information content (AvgIpc) is 2.72. The van der Waals surface area contributed by atoms with Crippen LogP contribution in [0.5, 0.6) is 5.75 Å². The first kappa shape index (κ1) is 17.1. The summed E-state index contributed by atoms with van der Waals surface area (Å²) in [5.41, 5.74) is 1.18. The molecule has 2 unspecified atom stereocenters. The monoisotopic (exact) mass is 324 g/mol. The summed E-state index contributed by atoms with van der Waals surface area (Å²) in [6.45, 7) is 4.48. The van der Waals surface area contributed by atoms with Crippen molar-refractivity contribution in [2.24, 2.45) is 0 Å². The zero-order valence-corrected chi connectivity index (χ0v) is 13.9. The second-order valence-electron chi connectivity index (χ2n) is 6.09. The Labute approximate surface area is 138 Å². The van der Waals surface area contributed by atoms with Crippen LogP contribution in [0.3, 0.4) is 0 Å². The smallest absolute Gasteiger partial charge is 0.226 e. The van der Waals surface area contributed by atoms with E-state index in [1.54, 1.807) is 0 Å². The van der Waals surface area contributed by atoms with Gasteiger partial charge >= 0.3 is 0 Å². The predicted molar refractivity (Wildman–Crippen MR) is 89.7 cm³/mol. The van der Waals surface area contributed by atoms with E-state index in [0.717, 1.165) is 38.1 Å². The van der Waals surface area contributed by atoms with Crippen LogP contribution in [0.1, 0.15) is 31.2 Å². The van der Waals surface area contributed by atoms with Crippen molar-refractivity contribution in [2.75, 3.05) is 19.7 Å². The third-order valence-electron chi connectivity index (χ3n) is 4.52. The van der Waals surface area contributed by atoms with Gasteiger partial charge < -0.3 is 15.0 Å². The molecule has 1 N–H and O–H groups in total. The molecule has 2 bridgehead atoms. The van der Waals surface area contributed by atoms with Crippen LogP contribution in [-0.4, -0.2) is 42.6 Å². The van der Waals surface area contributed by atoms with Gasteiger partial charge in [0.2, 0.25) is 5.91 Å². The van der Waals surface area contributed by atoms with Crippen LogP contribution in [0.15, 0.2) is 24.3 Å². The van der Waals surface area contributed by atoms with E-state index in [0.29, 0.717) is 25.1 Å². The number of fused-ring (bicyclic) bond motifs is 2. The number of hydrogen-bond donors (Lipinski definition) is 1. The third kappa shape index (κ3) is 3.93. The summed E-state index contributed by atoms with van der Waals surface area (Å²) in [6.07, 6.45) is 3.86. The first-order valence-corrected chi connectivity index (χ1v) is 7.95. The maximum atomic E-state index is 12.5. The molecule has 2 saturated heterocycles. The van der Waals surface area contributed by atoms with Gasteiger partial charge in [0.1, 0.15) is 5.75 Å². The van der Waals surface area contributed by atoms with Crippen molar-refractivity contribution in [2.45, 2.75) is 44.7 Å². The number of amides is 1. The van der Waals surface area contributed by atoms with E-state index < -0.39 is 0 Å². The highest BCUT2D eigenvalue weighted by molar-refractivity contribution is 5.85. The number of aryl methyl sites for hydroxylation is 1. The van der Waals surface area contributed by atoms with E-state index >= 15 is 0 Å². The fourth-order valence-electron chi connectivity index (χ4n) is 3.48. The van der Waals surface area contributed by atoms with Crippen molar-refractivity contribution in [3.05, 3.63) is 29.8 Å². The lowest BCUT2D eigenvalue weighted by Gasteiger charge is -2.28. The predicted octanol–water partition coefficient (Wildman–Crippen LogP) is 2.54. The van der Waals surface area contributed by atoms with E-state index in [1.165, 1.54) is 5.56 Å². The Morgan fingerprint density at radius 1 is 1.32 bits per heavy atom. The summed E-state index contributed by atoms with van der Waals surface area (Å²) in [6, 6.07) is 8.80. The molecular formula is C17H25ClN2O2. The zero-order valence-electron chi connectivity index (χ0n) is 13.1. The van der Waals surface area contributed by atoms with Gasteiger partial charge in [0, 0.05) is 18.6 Å². The highest BCUT2D eigenvalue weighted by Crippen LogP contribution is 2.28. The van der Waals surface area contributed by atoms with Crippen molar-refractivity contribution in [3.63, 3.8) is 0 Å². The number of ether oxygens (including phenoxy) is 1. The third-order valence-corrected chi connectivity index (χ3v) is 4.52. The van der Waals surface area contributed by atoms with Crippen LogP contribution in [-0.2, 0) is 4.79 Å². The first-order chi connectivity index (χ1) is 10.2. The van der Waals surface area contributed by atoms with Crippen LogP contribution < -0.4 is 10.1 Å². The molecule has 4 nitrogen and oxygen atoms in total. The number of hydrogen-bond acceptors (Lipinski definition) is 3. The molecule has 122 valence electrons. The Kier molecular flexibility index (Phi) is 6.09. The van der Waals surface area contributed by atoms with Gasteiger partial charge in [-0.3, -0.25) is 4.79 Å². The minimum absolute atomic E-state index is 0. The van der Waals surface area contributed by atoms with Crippen molar-refractivity contribution in [1.82, 2.24) is 10.2 Å². The van der Waals surface area contributed by atoms with Crippen LogP contribution >= 0.6 is 12.4 Å². The normalized spacial score (nSPS) is 23.6. The quantitative estimate of drug-likeness (QED) is 0.925. The summed E-state index contributed by atoms with van der Waals surface area (Å²) in [7, 11) is 0. The molecule has 2 aliphatic heterocycles. The lowest BCUT2D eigenvalue weighted by molar-refractivity contribution is -0.134. The molecule has 22 heavy (non-hydrogen) atoms. The molecular weight excluding hydrogens is 300 g/mol. The molecule has 0 aliphatic carbocycles. The second kappa shape index (κ2) is 7.84. The number of carbonyl (C=O) groups is 1. The Bertz CT molecular complexity index is 495. The van der Waals surface area contributed by atoms with Gasteiger partial charge in [-0.25, -0.2) is 0 Å². The van der Waals surface area contributed by atoms with E-state index in [1.807, 2.05) is 31.2 Å². The number of rotatable bonds is 4. The van der Waals surface area contributed by atoms with Crippen LogP contribution in [0, 0.1) is 6.92 Å². The van der Waals surface area contributed by atoms with E-state index in [4.69, 9.17) is 4.74 Å². The van der Waals surface area contributed by atoms with Gasteiger partial charge in [-0.2, -0.15) is 0 Å². The average molecular weight is 325 g/mol. The molecule has 3 rings (SSSR count). The van der Waals surface area contributed by atoms with Crippen LogP contribution in [0.4, 0.5) is 0 Å². The summed E-state index contributed by atoms with van der Waals surface area (Å²) < 4.78 is 5.71. The van der Waals surface area contributed by atoms with Gasteiger partial charge in [0.15, 0.2) is 0 Å². The Hall–Kier alpha value is -1.26. The highest BCUT2D eigenvalue weighted by Gasteiger charge is 2.37. The SMILES string of the molecule is Cc1cccc(OCCC(=O)N2C3CCNCC2CC3)c1.Cl. The van der Waals surface area contributed by atoms with Crippen molar-refractivity contribution < 1.29 is 9.53 Å². The number of nitrogens with one attached hydrogen (secondary N) is 1. The van der Waals surface area contributed by atoms with E-state index in [2.05, 4.69) is 10.2 Å². The fourth-order valence-corrected chi connectivity index (χ4v) is 3.48. The molecule has 0 aromatic heterocycles. The highest BCUT2D eigenvalue weighted by atomic mass is 35.5. The number of carbonyl (C=O) groups excluding carboxylic acids is 1. The molecule has 2 fully saturated rings. The Balaban J connectivity index is 0.00000176. The van der Waals surface area contributed by atoms with Gasteiger partial charge in [-0.05, 0) is 50.4 Å². The lowest BCUT2D eigenvalue weighted by Crippen LogP contribution is -2.42. The molecule has 2 heterocycles. The van der Waals surface area contributed by atoms with Crippen LogP contribution in [0.2, 0.25) is 0 Å². The van der Waals surface area contributed by atoms with Gasteiger partial charge in [-0.15, -0.1) is 12.4 Å². The van der Waals surface area contributed by atoms with Gasteiger partial charge in [-0.1, -0.05) is 12.1 Å². The lowest BCUT2D eigenvalue weighted by atomic mass is 10.1. The topological polar surface area (TPSA) is 41.6 Å². The molecule has 0 saturated carbocycles. The molecule has 0 spiro atoms. The minimum Gasteiger partial charge on any atom is -0.493 e. The van der Waals surface area contributed by atoms with Crippen LogP contribution in [0.25, 0.3) is 0 Å². The molecule has 2 atom stereocenters. The van der Waals surface area contributed by atoms with E-state index in [9.17, 15) is 4.79 Å². The molecule has 1 aromatic rings. The summed E-state index contributed by atoms with van der Waals surface area (Å²) in [5, 5.41) is 3.43. The van der Waals surface area contributed by atoms with E-state index in [-0.39, 0.29) is 18.3 Å². The van der Waals surface area contributed by atoms with Gasteiger partial charge in [0.25, 0.3) is 0 Å². The fraction of sp³-hybridized carbons (Fsp3) is 0.588. The molecule has 2 aliphatic rings. The zero-order chi connectivity index (χ0) is 14.7. The second-order valence-corrected chi connectivity index (χ2v) is 6.09. The number of benzene rings is 1. The Morgan fingerprint density at radius 2 is 2.14 bits per heavy atom. The van der Waals surface area contributed by atoms with Gasteiger partial charge in [0.05, 0.1) is 13.0 Å². The number of nitrogens with zero attached hydrogens (tertiary/aromatic N) is 1. The largest absolute Gasteiger partial charge is 0.493 e.